The summed E-state index contributed by atoms with van der Waals surface area (Å²) < 4.78 is 1.06. The van der Waals surface area contributed by atoms with Crippen LogP contribution in [0.4, 0.5) is 5.69 Å². The van der Waals surface area contributed by atoms with E-state index in [0.29, 0.717) is 0 Å². The van der Waals surface area contributed by atoms with Gasteiger partial charge in [0.05, 0.1) is 5.69 Å². The Morgan fingerprint density at radius 2 is 1.85 bits per heavy atom. The van der Waals surface area contributed by atoms with Crippen molar-refractivity contribution in [2.24, 2.45) is 0 Å². The molecule has 0 heterocycles. The molecule has 0 aromatic heterocycles. The SMILES string of the molecule is CN(C)N(C)c1cc(Br)ccc1S. The number of hydrogen-bond acceptors (Lipinski definition) is 3. The van der Waals surface area contributed by atoms with Gasteiger partial charge in [-0.3, -0.25) is 0 Å². The van der Waals surface area contributed by atoms with Crippen LogP contribution in [0, 0.1) is 0 Å². The summed E-state index contributed by atoms with van der Waals surface area (Å²) in [6.45, 7) is 0. The van der Waals surface area contributed by atoms with Crippen LogP contribution in [-0.2, 0) is 0 Å². The van der Waals surface area contributed by atoms with Crippen molar-refractivity contribution < 1.29 is 0 Å². The molecule has 72 valence electrons. The molecular formula is C9H13BrN2S. The zero-order valence-corrected chi connectivity index (χ0v) is 10.4. The standard InChI is InChI=1S/C9H13BrN2S/c1-11(2)12(3)8-6-7(10)4-5-9(8)13/h4-6,13H,1-3H3. The summed E-state index contributed by atoms with van der Waals surface area (Å²) in [4.78, 5) is 0.972. The second kappa shape index (κ2) is 4.35. The number of hydrogen-bond donors (Lipinski definition) is 1. The maximum Gasteiger partial charge on any atom is 0.0663 e. The van der Waals surface area contributed by atoms with E-state index in [2.05, 4.69) is 28.6 Å². The van der Waals surface area contributed by atoms with E-state index in [1.165, 1.54) is 0 Å². The minimum Gasteiger partial charge on any atom is -0.308 e. The van der Waals surface area contributed by atoms with Gasteiger partial charge in [-0.25, -0.2) is 5.01 Å². The van der Waals surface area contributed by atoms with E-state index in [9.17, 15) is 0 Å². The zero-order chi connectivity index (χ0) is 10.0. The van der Waals surface area contributed by atoms with Crippen LogP contribution in [-0.4, -0.2) is 26.2 Å². The molecule has 0 saturated carbocycles. The van der Waals surface area contributed by atoms with Gasteiger partial charge in [-0.2, -0.15) is 0 Å². The Morgan fingerprint density at radius 3 is 2.38 bits per heavy atom. The summed E-state index contributed by atoms with van der Waals surface area (Å²) in [5.74, 6) is 0. The van der Waals surface area contributed by atoms with Gasteiger partial charge in [-0.05, 0) is 18.2 Å². The molecule has 0 aliphatic carbocycles. The highest BCUT2D eigenvalue weighted by Crippen LogP contribution is 2.27. The van der Waals surface area contributed by atoms with Crippen molar-refractivity contribution in [3.63, 3.8) is 0 Å². The van der Waals surface area contributed by atoms with Gasteiger partial charge in [-0.1, -0.05) is 15.9 Å². The fraction of sp³-hybridized carbons (Fsp3) is 0.333. The van der Waals surface area contributed by atoms with Crippen LogP contribution in [0.25, 0.3) is 0 Å². The van der Waals surface area contributed by atoms with Crippen LogP contribution in [0.2, 0.25) is 0 Å². The third-order valence-electron chi connectivity index (χ3n) is 1.89. The molecule has 4 heteroatoms. The van der Waals surface area contributed by atoms with Crippen LogP contribution in [0.1, 0.15) is 0 Å². The predicted molar refractivity (Wildman–Crippen MR) is 63.5 cm³/mol. The fourth-order valence-electron chi connectivity index (χ4n) is 0.971. The summed E-state index contributed by atoms with van der Waals surface area (Å²) in [5.41, 5.74) is 1.09. The lowest BCUT2D eigenvalue weighted by Gasteiger charge is -2.27. The molecule has 13 heavy (non-hydrogen) atoms. The van der Waals surface area contributed by atoms with Crippen LogP contribution in [0.15, 0.2) is 27.6 Å². The lowest BCUT2D eigenvalue weighted by Crippen LogP contribution is -2.33. The Labute approximate surface area is 93.0 Å². The van der Waals surface area contributed by atoms with Gasteiger partial charge in [0.2, 0.25) is 0 Å². The third-order valence-corrected chi connectivity index (χ3v) is 2.76. The van der Waals surface area contributed by atoms with E-state index in [0.717, 1.165) is 15.1 Å². The molecule has 0 spiro atoms. The van der Waals surface area contributed by atoms with E-state index >= 15 is 0 Å². The molecule has 0 radical (unpaired) electrons. The molecule has 1 aromatic carbocycles. The molecular weight excluding hydrogens is 248 g/mol. The fourth-order valence-corrected chi connectivity index (χ4v) is 1.60. The van der Waals surface area contributed by atoms with Gasteiger partial charge in [0.25, 0.3) is 0 Å². The molecule has 0 saturated heterocycles. The predicted octanol–water partition coefficient (Wildman–Crippen LogP) is 2.65. The van der Waals surface area contributed by atoms with Crippen molar-refractivity contribution >= 4 is 34.2 Å². The van der Waals surface area contributed by atoms with Crippen molar-refractivity contribution in [3.8, 4) is 0 Å². The number of hydrazine groups is 1. The first-order valence-corrected chi connectivity index (χ1v) is 5.16. The minimum atomic E-state index is 0.972. The first kappa shape index (κ1) is 10.9. The monoisotopic (exact) mass is 260 g/mol. The van der Waals surface area contributed by atoms with E-state index < -0.39 is 0 Å². The smallest absolute Gasteiger partial charge is 0.0663 e. The van der Waals surface area contributed by atoms with E-state index in [4.69, 9.17) is 0 Å². The minimum absolute atomic E-state index is 0.972. The van der Waals surface area contributed by atoms with E-state index in [1.54, 1.807) is 0 Å². The topological polar surface area (TPSA) is 6.48 Å². The largest absolute Gasteiger partial charge is 0.308 e. The Balaban J connectivity index is 3.05. The van der Waals surface area contributed by atoms with E-state index in [1.807, 2.05) is 49.4 Å². The van der Waals surface area contributed by atoms with Gasteiger partial charge < -0.3 is 5.01 Å². The first-order chi connectivity index (χ1) is 6.02. The lowest BCUT2D eigenvalue weighted by molar-refractivity contribution is 0.395. The Morgan fingerprint density at radius 1 is 1.23 bits per heavy atom. The van der Waals surface area contributed by atoms with Crippen molar-refractivity contribution in [1.29, 1.82) is 0 Å². The van der Waals surface area contributed by atoms with Gasteiger partial charge in [0.1, 0.15) is 0 Å². The van der Waals surface area contributed by atoms with Crippen LogP contribution in [0.5, 0.6) is 0 Å². The summed E-state index contributed by atoms with van der Waals surface area (Å²) >= 11 is 7.82. The summed E-state index contributed by atoms with van der Waals surface area (Å²) in [5, 5.41) is 4.04. The normalized spacial score (nSPS) is 10.6. The molecule has 0 atom stereocenters. The number of nitrogens with zero attached hydrogens (tertiary/aromatic N) is 2. The number of thiol groups is 1. The van der Waals surface area contributed by atoms with Crippen LogP contribution in [0.3, 0.4) is 0 Å². The van der Waals surface area contributed by atoms with Crippen molar-refractivity contribution in [3.05, 3.63) is 22.7 Å². The third kappa shape index (κ3) is 2.62. The van der Waals surface area contributed by atoms with Gasteiger partial charge in [-0.15, -0.1) is 12.6 Å². The maximum absolute atomic E-state index is 4.39. The van der Waals surface area contributed by atoms with Crippen molar-refractivity contribution in [1.82, 2.24) is 5.01 Å². The summed E-state index contributed by atoms with van der Waals surface area (Å²) in [6, 6.07) is 6.00. The molecule has 0 amide bonds. The Bertz CT molecular complexity index is 302. The molecule has 0 aliphatic heterocycles. The first-order valence-electron chi connectivity index (χ1n) is 3.92. The average molecular weight is 261 g/mol. The second-order valence-corrected chi connectivity index (χ2v) is 4.40. The number of halogens is 1. The molecule has 0 N–H and O–H groups in total. The second-order valence-electron chi connectivity index (χ2n) is 3.00. The Kier molecular flexibility index (Phi) is 3.64. The van der Waals surface area contributed by atoms with Gasteiger partial charge >= 0.3 is 0 Å². The van der Waals surface area contributed by atoms with E-state index in [-0.39, 0.29) is 0 Å². The van der Waals surface area contributed by atoms with Crippen LogP contribution < -0.4 is 5.01 Å². The molecule has 0 bridgehead atoms. The quantitative estimate of drug-likeness (QED) is 0.646. The maximum atomic E-state index is 4.39. The number of anilines is 1. The van der Waals surface area contributed by atoms with Crippen LogP contribution >= 0.6 is 28.6 Å². The molecule has 1 aromatic rings. The average Bonchev–Trinajstić information content (AvgIpc) is 2.08. The summed E-state index contributed by atoms with van der Waals surface area (Å²) in [7, 11) is 5.99. The number of benzene rings is 1. The highest BCUT2D eigenvalue weighted by atomic mass is 79.9. The molecule has 0 unspecified atom stereocenters. The highest BCUT2D eigenvalue weighted by molar-refractivity contribution is 9.10. The molecule has 0 fully saturated rings. The summed E-state index contributed by atoms with van der Waals surface area (Å²) in [6.07, 6.45) is 0. The van der Waals surface area contributed by atoms with Gasteiger partial charge in [0.15, 0.2) is 0 Å². The molecule has 2 nitrogen and oxygen atoms in total. The zero-order valence-electron chi connectivity index (χ0n) is 7.95. The molecule has 0 aliphatic rings. The van der Waals surface area contributed by atoms with Crippen molar-refractivity contribution in [2.45, 2.75) is 4.90 Å². The van der Waals surface area contributed by atoms with Gasteiger partial charge in [0, 0.05) is 30.5 Å². The lowest BCUT2D eigenvalue weighted by atomic mass is 10.3. The number of rotatable bonds is 2. The Hall–Kier alpha value is -0.190. The van der Waals surface area contributed by atoms with Crippen molar-refractivity contribution in [2.75, 3.05) is 26.2 Å². The highest BCUT2D eigenvalue weighted by Gasteiger charge is 2.06. The molecule has 1 rings (SSSR count).